The highest BCUT2D eigenvalue weighted by Crippen LogP contribution is 2.12. The molecule has 0 atom stereocenters. The summed E-state index contributed by atoms with van der Waals surface area (Å²) >= 11 is 1.66. The molecule has 1 heterocycles. The quantitative estimate of drug-likeness (QED) is 0.688. The Morgan fingerprint density at radius 1 is 1.33 bits per heavy atom. The van der Waals surface area contributed by atoms with Crippen LogP contribution in [0.4, 0.5) is 0 Å². The molecule has 1 N–H and O–H groups in total. The highest BCUT2D eigenvalue weighted by atomic mass is 32.1. The van der Waals surface area contributed by atoms with E-state index >= 15 is 0 Å². The van der Waals surface area contributed by atoms with Crippen LogP contribution in [0.3, 0.4) is 0 Å². The highest BCUT2D eigenvalue weighted by molar-refractivity contribution is 7.11. The zero-order valence-corrected chi connectivity index (χ0v) is 10.3. The summed E-state index contributed by atoms with van der Waals surface area (Å²) in [7, 11) is 1.96. The van der Waals surface area contributed by atoms with Crippen molar-refractivity contribution >= 4 is 11.3 Å². The standard InChI is InChI=1S/C10H19N3OS/c1-3-7-14-8-10-13-12-9(15-10)5-4-6-11-2/h11H,3-8H2,1-2H3. The average molecular weight is 229 g/mol. The molecule has 86 valence electrons. The fourth-order valence-corrected chi connectivity index (χ4v) is 1.99. The molecule has 0 radical (unpaired) electrons. The first kappa shape index (κ1) is 12.5. The van der Waals surface area contributed by atoms with E-state index in [0.29, 0.717) is 6.61 Å². The van der Waals surface area contributed by atoms with Crippen LogP contribution in [0.1, 0.15) is 29.8 Å². The third kappa shape index (κ3) is 5.20. The van der Waals surface area contributed by atoms with Gasteiger partial charge < -0.3 is 10.1 Å². The summed E-state index contributed by atoms with van der Waals surface area (Å²) in [5, 5.41) is 13.4. The van der Waals surface area contributed by atoms with Crippen LogP contribution in [-0.2, 0) is 17.8 Å². The Bertz CT molecular complexity index is 240. The summed E-state index contributed by atoms with van der Waals surface area (Å²) in [5.41, 5.74) is 0. The molecule has 4 nitrogen and oxygen atoms in total. The van der Waals surface area contributed by atoms with E-state index in [1.54, 1.807) is 11.3 Å². The molecule has 1 aromatic rings. The summed E-state index contributed by atoms with van der Waals surface area (Å²) in [6, 6.07) is 0. The average Bonchev–Trinajstić information content (AvgIpc) is 2.67. The van der Waals surface area contributed by atoms with Crippen LogP contribution in [0.25, 0.3) is 0 Å². The van der Waals surface area contributed by atoms with E-state index in [4.69, 9.17) is 4.74 Å². The minimum Gasteiger partial charge on any atom is -0.374 e. The number of aromatic nitrogens is 2. The van der Waals surface area contributed by atoms with Crippen molar-refractivity contribution in [1.29, 1.82) is 0 Å². The number of nitrogens with zero attached hydrogens (tertiary/aromatic N) is 2. The Morgan fingerprint density at radius 3 is 2.87 bits per heavy atom. The van der Waals surface area contributed by atoms with Gasteiger partial charge in [-0.2, -0.15) is 0 Å². The maximum absolute atomic E-state index is 5.40. The van der Waals surface area contributed by atoms with E-state index < -0.39 is 0 Å². The monoisotopic (exact) mass is 229 g/mol. The summed E-state index contributed by atoms with van der Waals surface area (Å²) in [6.45, 7) is 4.54. The molecule has 0 aliphatic heterocycles. The van der Waals surface area contributed by atoms with Crippen molar-refractivity contribution < 1.29 is 4.74 Å². The fourth-order valence-electron chi connectivity index (χ4n) is 1.17. The van der Waals surface area contributed by atoms with Gasteiger partial charge in [0.1, 0.15) is 16.6 Å². The maximum atomic E-state index is 5.40. The van der Waals surface area contributed by atoms with E-state index in [1.165, 1.54) is 0 Å². The van der Waals surface area contributed by atoms with Crippen LogP contribution in [-0.4, -0.2) is 30.4 Å². The number of hydrogen-bond acceptors (Lipinski definition) is 5. The topological polar surface area (TPSA) is 47.0 Å². The zero-order valence-electron chi connectivity index (χ0n) is 9.45. The van der Waals surface area contributed by atoms with Crippen molar-refractivity contribution in [2.24, 2.45) is 0 Å². The molecular weight excluding hydrogens is 210 g/mol. The first-order chi connectivity index (χ1) is 7.36. The van der Waals surface area contributed by atoms with Gasteiger partial charge in [-0.25, -0.2) is 0 Å². The van der Waals surface area contributed by atoms with Gasteiger partial charge in [-0.1, -0.05) is 18.3 Å². The first-order valence-corrected chi connectivity index (χ1v) is 6.22. The molecule has 0 saturated heterocycles. The van der Waals surface area contributed by atoms with Gasteiger partial charge in [-0.05, 0) is 26.4 Å². The van der Waals surface area contributed by atoms with E-state index in [1.807, 2.05) is 7.05 Å². The Labute approximate surface area is 95.1 Å². The van der Waals surface area contributed by atoms with Gasteiger partial charge in [0.25, 0.3) is 0 Å². The van der Waals surface area contributed by atoms with E-state index in [2.05, 4.69) is 22.4 Å². The molecule has 15 heavy (non-hydrogen) atoms. The van der Waals surface area contributed by atoms with E-state index in [0.717, 1.165) is 42.4 Å². The molecule has 0 amide bonds. The van der Waals surface area contributed by atoms with E-state index in [-0.39, 0.29) is 0 Å². The summed E-state index contributed by atoms with van der Waals surface area (Å²) < 4.78 is 5.40. The minimum absolute atomic E-state index is 0.609. The molecule has 5 heteroatoms. The van der Waals surface area contributed by atoms with Gasteiger partial charge in [0.2, 0.25) is 0 Å². The molecule has 0 aliphatic rings. The molecule has 0 aromatic carbocycles. The normalized spacial score (nSPS) is 10.8. The molecule has 0 fully saturated rings. The van der Waals surface area contributed by atoms with Gasteiger partial charge in [0.15, 0.2) is 0 Å². The van der Waals surface area contributed by atoms with Gasteiger partial charge in [0, 0.05) is 13.0 Å². The fraction of sp³-hybridized carbons (Fsp3) is 0.800. The summed E-state index contributed by atoms with van der Waals surface area (Å²) in [6.07, 6.45) is 3.17. The Balaban J connectivity index is 2.23. The number of nitrogens with one attached hydrogen (secondary N) is 1. The van der Waals surface area contributed by atoms with Crippen LogP contribution in [0.15, 0.2) is 0 Å². The predicted octanol–water partition coefficient (Wildman–Crippen LogP) is 1.62. The second-order valence-corrected chi connectivity index (χ2v) is 4.50. The Hall–Kier alpha value is -0.520. The van der Waals surface area contributed by atoms with Crippen molar-refractivity contribution in [3.8, 4) is 0 Å². The van der Waals surface area contributed by atoms with Gasteiger partial charge >= 0.3 is 0 Å². The molecule has 0 unspecified atom stereocenters. The Kier molecular flexibility index (Phi) is 6.47. The molecule has 0 spiro atoms. The lowest BCUT2D eigenvalue weighted by Crippen LogP contribution is -2.08. The number of rotatable bonds is 8. The Morgan fingerprint density at radius 2 is 2.13 bits per heavy atom. The van der Waals surface area contributed by atoms with Crippen LogP contribution in [0, 0.1) is 0 Å². The molecule has 1 aromatic heterocycles. The molecule has 0 bridgehead atoms. The molecule has 1 rings (SSSR count). The predicted molar refractivity (Wildman–Crippen MR) is 62.1 cm³/mol. The van der Waals surface area contributed by atoms with Crippen molar-refractivity contribution in [3.63, 3.8) is 0 Å². The van der Waals surface area contributed by atoms with Crippen LogP contribution < -0.4 is 5.32 Å². The van der Waals surface area contributed by atoms with Gasteiger partial charge in [-0.3, -0.25) is 0 Å². The van der Waals surface area contributed by atoms with E-state index in [9.17, 15) is 0 Å². The second kappa shape index (κ2) is 7.73. The third-order valence-electron chi connectivity index (χ3n) is 1.90. The lowest BCUT2D eigenvalue weighted by atomic mass is 10.3. The zero-order chi connectivity index (χ0) is 10.9. The SMILES string of the molecule is CCCOCc1nnc(CCCNC)s1. The molecule has 0 saturated carbocycles. The lowest BCUT2D eigenvalue weighted by molar-refractivity contribution is 0.121. The van der Waals surface area contributed by atoms with Crippen molar-refractivity contribution in [2.45, 2.75) is 32.8 Å². The number of aryl methyl sites for hydroxylation is 1. The third-order valence-corrected chi connectivity index (χ3v) is 2.86. The second-order valence-electron chi connectivity index (χ2n) is 3.35. The van der Waals surface area contributed by atoms with Crippen molar-refractivity contribution in [2.75, 3.05) is 20.2 Å². The smallest absolute Gasteiger partial charge is 0.143 e. The largest absolute Gasteiger partial charge is 0.374 e. The molecule has 0 aliphatic carbocycles. The summed E-state index contributed by atoms with van der Waals surface area (Å²) in [4.78, 5) is 0. The number of hydrogen-bond donors (Lipinski definition) is 1. The number of ether oxygens (including phenoxy) is 1. The van der Waals surface area contributed by atoms with Crippen molar-refractivity contribution in [1.82, 2.24) is 15.5 Å². The van der Waals surface area contributed by atoms with Crippen molar-refractivity contribution in [3.05, 3.63) is 10.0 Å². The summed E-state index contributed by atoms with van der Waals surface area (Å²) in [5.74, 6) is 0. The van der Waals surface area contributed by atoms with Crippen LogP contribution in [0.2, 0.25) is 0 Å². The molecular formula is C10H19N3OS. The first-order valence-electron chi connectivity index (χ1n) is 5.40. The van der Waals surface area contributed by atoms with Gasteiger partial charge in [-0.15, -0.1) is 10.2 Å². The van der Waals surface area contributed by atoms with Crippen LogP contribution >= 0.6 is 11.3 Å². The maximum Gasteiger partial charge on any atom is 0.143 e. The van der Waals surface area contributed by atoms with Crippen LogP contribution in [0.5, 0.6) is 0 Å². The highest BCUT2D eigenvalue weighted by Gasteiger charge is 2.03. The lowest BCUT2D eigenvalue weighted by Gasteiger charge is -1.96. The van der Waals surface area contributed by atoms with Gasteiger partial charge in [0.05, 0.1) is 0 Å². The minimum atomic E-state index is 0.609.